The largest absolute Gasteiger partial charge is 0.550 e. The minimum atomic E-state index is -1.01. The van der Waals surface area contributed by atoms with Gasteiger partial charge in [0.25, 0.3) is 0 Å². The van der Waals surface area contributed by atoms with Gasteiger partial charge in [-0.15, -0.1) is 0 Å². The highest BCUT2D eigenvalue weighted by atomic mass is 16.4. The normalized spacial score (nSPS) is 9.91. The van der Waals surface area contributed by atoms with Crippen molar-refractivity contribution in [2.45, 2.75) is 19.3 Å². The fourth-order valence-corrected chi connectivity index (χ4v) is 0.687. The summed E-state index contributed by atoms with van der Waals surface area (Å²) in [4.78, 5) is 9.91. The maximum Gasteiger partial charge on any atom is 0.0443 e. The van der Waals surface area contributed by atoms with Crippen molar-refractivity contribution in [2.24, 2.45) is 0 Å². The average Bonchev–Trinajstić information content (AvgIpc) is 1.96. The quantitative estimate of drug-likeness (QED) is 0.444. The first kappa shape index (κ1) is 10.4. The Morgan fingerprint density at radius 2 is 2.00 bits per heavy atom. The number of hydrogen-bond donors (Lipinski definition) is 2. The summed E-state index contributed by atoms with van der Waals surface area (Å²) < 4.78 is 0. The van der Waals surface area contributed by atoms with E-state index in [0.29, 0.717) is 19.4 Å². The van der Waals surface area contributed by atoms with E-state index < -0.39 is 5.97 Å². The summed E-state index contributed by atoms with van der Waals surface area (Å²) in [6.45, 7) is 1.59. The van der Waals surface area contributed by atoms with Crippen molar-refractivity contribution < 1.29 is 15.0 Å². The molecule has 66 valence electrons. The van der Waals surface area contributed by atoms with Crippen LogP contribution in [0.1, 0.15) is 19.3 Å². The molecule has 4 nitrogen and oxygen atoms in total. The fraction of sp³-hybridized carbons (Fsp3) is 0.857. The van der Waals surface area contributed by atoms with Gasteiger partial charge in [0, 0.05) is 12.6 Å². The van der Waals surface area contributed by atoms with Crippen molar-refractivity contribution in [1.29, 1.82) is 0 Å². The van der Waals surface area contributed by atoms with E-state index in [9.17, 15) is 9.90 Å². The van der Waals surface area contributed by atoms with Gasteiger partial charge in [-0.3, -0.25) is 0 Å². The van der Waals surface area contributed by atoms with Gasteiger partial charge in [0.2, 0.25) is 0 Å². The second-order valence-electron chi connectivity index (χ2n) is 2.30. The van der Waals surface area contributed by atoms with Crippen LogP contribution in [0, 0.1) is 0 Å². The molecule has 0 saturated heterocycles. The number of hydrogen-bond acceptors (Lipinski definition) is 4. The van der Waals surface area contributed by atoms with Gasteiger partial charge in [0.05, 0.1) is 0 Å². The number of aliphatic hydroxyl groups excluding tert-OH is 1. The number of carbonyl (C=O) groups excluding carboxylic acids is 1. The van der Waals surface area contributed by atoms with Gasteiger partial charge in [-0.2, -0.15) is 0 Å². The molecule has 0 aromatic rings. The molecule has 0 amide bonds. The summed E-state index contributed by atoms with van der Waals surface area (Å²) in [5.74, 6) is -1.01. The Kier molecular flexibility index (Phi) is 7.08. The van der Waals surface area contributed by atoms with Crippen LogP contribution in [0.2, 0.25) is 0 Å². The lowest BCUT2D eigenvalue weighted by Gasteiger charge is -2.03. The monoisotopic (exact) mass is 160 g/mol. The van der Waals surface area contributed by atoms with Crippen LogP contribution in [-0.4, -0.2) is 30.8 Å². The van der Waals surface area contributed by atoms with Crippen LogP contribution in [-0.2, 0) is 4.79 Å². The number of aliphatic hydroxyl groups is 1. The molecule has 0 aliphatic heterocycles. The summed E-state index contributed by atoms with van der Waals surface area (Å²) in [7, 11) is 0. The predicted molar refractivity (Wildman–Crippen MR) is 38.8 cm³/mol. The third kappa shape index (κ3) is 9.39. The smallest absolute Gasteiger partial charge is 0.0443 e. The number of rotatable bonds is 7. The minimum absolute atomic E-state index is 0.103. The summed E-state index contributed by atoms with van der Waals surface area (Å²) in [6.07, 6.45) is 1.41. The van der Waals surface area contributed by atoms with Gasteiger partial charge in [0.1, 0.15) is 0 Å². The summed E-state index contributed by atoms with van der Waals surface area (Å²) in [5.41, 5.74) is 0. The maximum atomic E-state index is 9.91. The van der Waals surface area contributed by atoms with Gasteiger partial charge in [-0.05, 0) is 32.4 Å². The summed E-state index contributed by atoms with van der Waals surface area (Å²) in [5, 5.41) is 21.3. The predicted octanol–water partition coefficient (Wildman–Crippen LogP) is -1.51. The molecule has 0 aromatic carbocycles. The Bertz CT molecular complexity index is 106. The van der Waals surface area contributed by atoms with Crippen molar-refractivity contribution in [1.82, 2.24) is 5.32 Å². The molecule has 4 heteroatoms. The van der Waals surface area contributed by atoms with Gasteiger partial charge in [-0.1, -0.05) is 0 Å². The molecule has 11 heavy (non-hydrogen) atoms. The van der Waals surface area contributed by atoms with E-state index in [-0.39, 0.29) is 13.0 Å². The third-order valence-electron chi connectivity index (χ3n) is 1.25. The molecule has 0 aromatic heterocycles. The SMILES string of the molecule is O=C([O-])CCCNCCCO. The molecule has 0 atom stereocenters. The molecule has 0 spiro atoms. The number of carbonyl (C=O) groups is 1. The second-order valence-corrected chi connectivity index (χ2v) is 2.30. The standard InChI is InChI=1S/C7H15NO3/c9-6-2-5-8-4-1-3-7(10)11/h8-9H,1-6H2,(H,10,11)/p-1. The van der Waals surface area contributed by atoms with Crippen LogP contribution in [0.25, 0.3) is 0 Å². The minimum Gasteiger partial charge on any atom is -0.550 e. The van der Waals surface area contributed by atoms with Gasteiger partial charge in [0.15, 0.2) is 0 Å². The zero-order valence-electron chi connectivity index (χ0n) is 6.51. The Balaban J connectivity index is 2.85. The van der Waals surface area contributed by atoms with Crippen molar-refractivity contribution in [3.05, 3.63) is 0 Å². The molecular weight excluding hydrogens is 146 g/mol. The Hall–Kier alpha value is -0.610. The number of carboxylic acid groups (broad SMARTS) is 1. The highest BCUT2D eigenvalue weighted by Gasteiger charge is 1.88. The summed E-state index contributed by atoms with van der Waals surface area (Å²) >= 11 is 0. The van der Waals surface area contributed by atoms with Crippen LogP contribution in [0.4, 0.5) is 0 Å². The highest BCUT2D eigenvalue weighted by molar-refractivity contribution is 5.64. The van der Waals surface area contributed by atoms with E-state index in [0.717, 1.165) is 6.54 Å². The van der Waals surface area contributed by atoms with Crippen molar-refractivity contribution in [2.75, 3.05) is 19.7 Å². The van der Waals surface area contributed by atoms with E-state index in [2.05, 4.69) is 5.32 Å². The third-order valence-corrected chi connectivity index (χ3v) is 1.25. The number of carboxylic acids is 1. The van der Waals surface area contributed by atoms with Crippen molar-refractivity contribution in [3.8, 4) is 0 Å². The molecule has 0 bridgehead atoms. The van der Waals surface area contributed by atoms with Crippen LogP contribution in [0.5, 0.6) is 0 Å². The average molecular weight is 160 g/mol. The highest BCUT2D eigenvalue weighted by Crippen LogP contribution is 1.83. The molecule has 0 radical (unpaired) electrons. The second kappa shape index (κ2) is 7.50. The van der Waals surface area contributed by atoms with Crippen LogP contribution in [0.3, 0.4) is 0 Å². The maximum absolute atomic E-state index is 9.91. The van der Waals surface area contributed by atoms with E-state index in [1.807, 2.05) is 0 Å². The molecule has 0 rings (SSSR count). The van der Waals surface area contributed by atoms with E-state index in [1.165, 1.54) is 0 Å². The molecule has 0 unspecified atom stereocenters. The molecule has 0 heterocycles. The van der Waals surface area contributed by atoms with Crippen LogP contribution >= 0.6 is 0 Å². The topological polar surface area (TPSA) is 72.4 Å². The van der Waals surface area contributed by atoms with Gasteiger partial charge >= 0.3 is 0 Å². The Morgan fingerprint density at radius 1 is 1.36 bits per heavy atom. The van der Waals surface area contributed by atoms with Gasteiger partial charge < -0.3 is 20.3 Å². The molecular formula is C7H14NO3-. The lowest BCUT2D eigenvalue weighted by Crippen LogP contribution is -2.24. The first-order valence-corrected chi connectivity index (χ1v) is 3.79. The molecule has 0 aliphatic rings. The molecule has 0 aliphatic carbocycles. The van der Waals surface area contributed by atoms with E-state index in [4.69, 9.17) is 5.11 Å². The molecule has 2 N–H and O–H groups in total. The summed E-state index contributed by atoms with van der Waals surface area (Å²) in [6, 6.07) is 0. The Morgan fingerprint density at radius 3 is 2.55 bits per heavy atom. The van der Waals surface area contributed by atoms with Crippen molar-refractivity contribution in [3.63, 3.8) is 0 Å². The first-order valence-electron chi connectivity index (χ1n) is 3.79. The van der Waals surface area contributed by atoms with Crippen molar-refractivity contribution >= 4 is 5.97 Å². The van der Waals surface area contributed by atoms with E-state index >= 15 is 0 Å². The number of nitrogens with one attached hydrogen (secondary N) is 1. The first-order chi connectivity index (χ1) is 5.27. The van der Waals surface area contributed by atoms with Crippen LogP contribution in [0.15, 0.2) is 0 Å². The van der Waals surface area contributed by atoms with Crippen LogP contribution < -0.4 is 10.4 Å². The van der Waals surface area contributed by atoms with Gasteiger partial charge in [-0.25, -0.2) is 0 Å². The number of aliphatic carboxylic acids is 1. The molecule has 0 saturated carbocycles. The Labute approximate surface area is 66.2 Å². The molecule has 0 fully saturated rings. The lowest BCUT2D eigenvalue weighted by atomic mass is 10.3. The van der Waals surface area contributed by atoms with E-state index in [1.54, 1.807) is 0 Å². The lowest BCUT2D eigenvalue weighted by molar-refractivity contribution is -0.305. The zero-order valence-corrected chi connectivity index (χ0v) is 6.51. The zero-order chi connectivity index (χ0) is 8.53. The fourth-order valence-electron chi connectivity index (χ4n) is 0.687.